The average Bonchev–Trinajstić information content (AvgIpc) is 3.32. The molecule has 10 nitrogen and oxygen atoms in total. The highest BCUT2D eigenvalue weighted by Crippen LogP contribution is 2.19. The van der Waals surface area contributed by atoms with Crippen molar-refractivity contribution < 1.29 is 24.3 Å². The minimum absolute atomic E-state index is 0.0969. The number of carboxylic acid groups (broad SMARTS) is 1. The van der Waals surface area contributed by atoms with Crippen LogP contribution in [0.3, 0.4) is 0 Å². The van der Waals surface area contributed by atoms with Crippen LogP contribution in [0.15, 0.2) is 60.8 Å². The molecular formula is C30H39N5O5. The third-order valence-electron chi connectivity index (χ3n) is 6.84. The molecule has 7 N–H and O–H groups in total. The Kier molecular flexibility index (Phi) is 10.4. The van der Waals surface area contributed by atoms with Crippen LogP contribution in [-0.4, -0.2) is 57.9 Å². The molecule has 4 atom stereocenters. The molecule has 0 fully saturated rings. The van der Waals surface area contributed by atoms with Crippen molar-refractivity contribution >= 4 is 34.6 Å². The zero-order chi connectivity index (χ0) is 29.4. The maximum Gasteiger partial charge on any atom is 0.326 e. The van der Waals surface area contributed by atoms with Gasteiger partial charge in [-0.2, -0.15) is 0 Å². The fourth-order valence-electron chi connectivity index (χ4n) is 4.51. The van der Waals surface area contributed by atoms with E-state index in [0.717, 1.165) is 22.0 Å². The second-order valence-electron chi connectivity index (χ2n) is 10.7. The van der Waals surface area contributed by atoms with Crippen LogP contribution in [0.1, 0.15) is 38.8 Å². The van der Waals surface area contributed by atoms with Crippen LogP contribution in [0.25, 0.3) is 10.9 Å². The average molecular weight is 550 g/mol. The van der Waals surface area contributed by atoms with Crippen LogP contribution < -0.4 is 21.7 Å². The summed E-state index contributed by atoms with van der Waals surface area (Å²) in [4.78, 5) is 54.5. The van der Waals surface area contributed by atoms with Gasteiger partial charge < -0.3 is 31.8 Å². The maximum atomic E-state index is 13.3. The van der Waals surface area contributed by atoms with Crippen molar-refractivity contribution in [2.45, 2.75) is 64.7 Å². The van der Waals surface area contributed by atoms with Crippen molar-refractivity contribution in [2.24, 2.45) is 17.6 Å². The fourth-order valence-corrected chi connectivity index (χ4v) is 4.51. The van der Waals surface area contributed by atoms with Crippen LogP contribution >= 0.6 is 0 Å². The fraction of sp³-hybridized carbons (Fsp3) is 0.400. The highest BCUT2D eigenvalue weighted by atomic mass is 16.4. The lowest BCUT2D eigenvalue weighted by atomic mass is 9.98. The van der Waals surface area contributed by atoms with E-state index in [4.69, 9.17) is 5.73 Å². The summed E-state index contributed by atoms with van der Waals surface area (Å²) in [7, 11) is 0. The van der Waals surface area contributed by atoms with Crippen molar-refractivity contribution in [3.63, 3.8) is 0 Å². The molecule has 40 heavy (non-hydrogen) atoms. The molecule has 0 spiro atoms. The first kappa shape index (κ1) is 30.4. The number of hydrogen-bond donors (Lipinski definition) is 6. The number of aromatic amines is 1. The number of nitrogens with two attached hydrogens (primary N) is 1. The molecule has 0 radical (unpaired) electrons. The Hall–Kier alpha value is -4.18. The second-order valence-corrected chi connectivity index (χ2v) is 10.7. The number of H-pyrrole nitrogens is 1. The van der Waals surface area contributed by atoms with E-state index in [-0.39, 0.29) is 24.7 Å². The van der Waals surface area contributed by atoms with E-state index in [9.17, 15) is 24.3 Å². The lowest BCUT2D eigenvalue weighted by molar-refractivity contribution is -0.142. The summed E-state index contributed by atoms with van der Waals surface area (Å²) in [6.07, 6.45) is 2.19. The summed E-state index contributed by atoms with van der Waals surface area (Å²) in [6.45, 7) is 7.05. The minimum Gasteiger partial charge on any atom is -0.480 e. The lowest BCUT2D eigenvalue weighted by Crippen LogP contribution is -2.59. The van der Waals surface area contributed by atoms with Gasteiger partial charge in [0.05, 0.1) is 6.04 Å². The molecule has 0 aliphatic heterocycles. The monoisotopic (exact) mass is 549 g/mol. The number of nitrogens with one attached hydrogen (secondary N) is 4. The van der Waals surface area contributed by atoms with E-state index < -0.39 is 47.9 Å². The Morgan fingerprint density at radius 3 is 1.93 bits per heavy atom. The molecule has 0 aliphatic carbocycles. The maximum absolute atomic E-state index is 13.3. The van der Waals surface area contributed by atoms with Gasteiger partial charge in [0, 0.05) is 23.5 Å². The molecule has 214 valence electrons. The molecule has 0 bridgehead atoms. The minimum atomic E-state index is -1.18. The summed E-state index contributed by atoms with van der Waals surface area (Å²) in [5, 5.41) is 18.7. The number of hydrogen-bond acceptors (Lipinski definition) is 5. The molecular weight excluding hydrogens is 510 g/mol. The van der Waals surface area contributed by atoms with Gasteiger partial charge in [-0.1, -0.05) is 76.2 Å². The number of rotatable bonds is 13. The Balaban J connectivity index is 1.65. The van der Waals surface area contributed by atoms with Gasteiger partial charge in [-0.05, 0) is 35.4 Å². The zero-order valence-electron chi connectivity index (χ0n) is 23.3. The first-order valence-electron chi connectivity index (χ1n) is 13.5. The van der Waals surface area contributed by atoms with E-state index >= 15 is 0 Å². The molecule has 0 saturated carbocycles. The first-order chi connectivity index (χ1) is 19.0. The Morgan fingerprint density at radius 2 is 1.32 bits per heavy atom. The number of amides is 3. The highest BCUT2D eigenvalue weighted by Gasteiger charge is 2.33. The molecule has 0 aliphatic rings. The molecule has 1 aromatic heterocycles. The normalized spacial score (nSPS) is 14.4. The standard InChI is InChI=1S/C30H39N5O5/c1-17(2)25(28(37)33-24(30(39)40)14-19-10-6-5-7-11-19)35-29(38)26(18(3)4)34-27(36)22(31)15-20-16-32-23-13-9-8-12-21(20)23/h5-13,16-18,22,24-26,32H,14-15,31H2,1-4H3,(H,33,37)(H,34,36)(H,35,38)(H,39,40). The van der Waals surface area contributed by atoms with Crippen molar-refractivity contribution in [3.8, 4) is 0 Å². The number of aromatic nitrogens is 1. The number of carbonyl (C=O) groups excluding carboxylic acids is 3. The van der Waals surface area contributed by atoms with Crippen molar-refractivity contribution in [3.05, 3.63) is 71.9 Å². The smallest absolute Gasteiger partial charge is 0.326 e. The van der Waals surface area contributed by atoms with Crippen LogP contribution in [0, 0.1) is 11.8 Å². The molecule has 3 amide bonds. The summed E-state index contributed by atoms with van der Waals surface area (Å²) >= 11 is 0. The molecule has 0 saturated heterocycles. The van der Waals surface area contributed by atoms with E-state index in [1.165, 1.54) is 0 Å². The number of para-hydroxylation sites is 1. The SMILES string of the molecule is CC(C)C(NC(=O)C(N)Cc1c[nH]c2ccccc12)C(=O)NC(C(=O)NC(Cc1ccccc1)C(=O)O)C(C)C. The van der Waals surface area contributed by atoms with Gasteiger partial charge in [0.25, 0.3) is 0 Å². The third kappa shape index (κ3) is 7.92. The molecule has 10 heteroatoms. The number of carboxylic acids is 1. The van der Waals surface area contributed by atoms with Gasteiger partial charge in [-0.3, -0.25) is 14.4 Å². The molecule has 3 aromatic rings. The number of aliphatic carboxylic acids is 1. The van der Waals surface area contributed by atoms with Gasteiger partial charge in [0.1, 0.15) is 18.1 Å². The Bertz CT molecular complexity index is 1320. The van der Waals surface area contributed by atoms with E-state index in [2.05, 4.69) is 20.9 Å². The predicted molar refractivity (Wildman–Crippen MR) is 153 cm³/mol. The first-order valence-corrected chi connectivity index (χ1v) is 13.5. The number of carbonyl (C=O) groups is 4. The Morgan fingerprint density at radius 1 is 0.775 bits per heavy atom. The van der Waals surface area contributed by atoms with Crippen molar-refractivity contribution in [1.82, 2.24) is 20.9 Å². The van der Waals surface area contributed by atoms with Crippen molar-refractivity contribution in [1.29, 1.82) is 0 Å². The molecule has 4 unspecified atom stereocenters. The van der Waals surface area contributed by atoms with Crippen LogP contribution in [-0.2, 0) is 32.0 Å². The van der Waals surface area contributed by atoms with Gasteiger partial charge in [-0.25, -0.2) is 4.79 Å². The van der Waals surface area contributed by atoms with Gasteiger partial charge in [0.2, 0.25) is 17.7 Å². The van der Waals surface area contributed by atoms with E-state index in [1.807, 2.05) is 36.5 Å². The summed E-state index contributed by atoms with van der Waals surface area (Å²) in [6, 6.07) is 12.6. The lowest BCUT2D eigenvalue weighted by Gasteiger charge is -2.28. The number of fused-ring (bicyclic) bond motifs is 1. The predicted octanol–water partition coefficient (Wildman–Crippen LogP) is 2.13. The Labute approximate surface area is 234 Å². The number of benzene rings is 2. The summed E-state index contributed by atoms with van der Waals surface area (Å²) in [5.41, 5.74) is 8.80. The van der Waals surface area contributed by atoms with Crippen LogP contribution in [0.5, 0.6) is 0 Å². The van der Waals surface area contributed by atoms with Crippen molar-refractivity contribution in [2.75, 3.05) is 0 Å². The zero-order valence-corrected chi connectivity index (χ0v) is 23.3. The largest absolute Gasteiger partial charge is 0.480 e. The second kappa shape index (κ2) is 13.7. The van der Waals surface area contributed by atoms with Gasteiger partial charge in [0.15, 0.2) is 0 Å². The highest BCUT2D eigenvalue weighted by molar-refractivity contribution is 5.94. The molecule has 1 heterocycles. The third-order valence-corrected chi connectivity index (χ3v) is 6.84. The van der Waals surface area contributed by atoms with Crippen LogP contribution in [0.4, 0.5) is 0 Å². The summed E-state index contributed by atoms with van der Waals surface area (Å²) in [5.74, 6) is -3.48. The molecule has 3 rings (SSSR count). The van der Waals surface area contributed by atoms with E-state index in [0.29, 0.717) is 0 Å². The quantitative estimate of drug-likeness (QED) is 0.191. The summed E-state index contributed by atoms with van der Waals surface area (Å²) < 4.78 is 0. The topological polar surface area (TPSA) is 166 Å². The van der Waals surface area contributed by atoms with Crippen LogP contribution in [0.2, 0.25) is 0 Å². The molecule has 2 aromatic carbocycles. The van der Waals surface area contributed by atoms with E-state index in [1.54, 1.807) is 52.0 Å². The van der Waals surface area contributed by atoms with Gasteiger partial charge in [-0.15, -0.1) is 0 Å². The van der Waals surface area contributed by atoms with Gasteiger partial charge >= 0.3 is 5.97 Å².